The highest BCUT2D eigenvalue weighted by Crippen LogP contribution is 2.61. The van der Waals surface area contributed by atoms with Crippen LogP contribution < -0.4 is 5.32 Å². The number of nitrogens with zero attached hydrogens (tertiary/aromatic N) is 3. The van der Waals surface area contributed by atoms with Crippen LogP contribution in [0.15, 0.2) is 0 Å². The third-order valence-electron chi connectivity index (χ3n) is 7.65. The smallest absolute Gasteiger partial charge is 0.331 e. The third-order valence-corrected chi connectivity index (χ3v) is 7.65. The van der Waals surface area contributed by atoms with Gasteiger partial charge >= 0.3 is 12.1 Å². The number of carbonyl (C=O) groups excluding carboxylic acids is 5. The highest BCUT2D eigenvalue weighted by atomic mass is 16.5. The number of likely N-dealkylation sites (N-methyl/N-ethyl adjacent to an activating group) is 1. The first-order valence-corrected chi connectivity index (χ1v) is 10.6. The van der Waals surface area contributed by atoms with Crippen molar-refractivity contribution in [3.63, 3.8) is 0 Å². The molecule has 0 aromatic heterocycles. The van der Waals surface area contributed by atoms with Crippen LogP contribution in [-0.2, 0) is 19.1 Å². The summed E-state index contributed by atoms with van der Waals surface area (Å²) in [5, 5.41) is 2.22. The first-order valence-electron chi connectivity index (χ1n) is 10.6. The maximum absolute atomic E-state index is 13.0. The van der Waals surface area contributed by atoms with Crippen LogP contribution >= 0.6 is 0 Å². The average molecular weight is 418 g/mol. The second-order valence-electron chi connectivity index (χ2n) is 9.57. The van der Waals surface area contributed by atoms with Crippen LogP contribution in [0.5, 0.6) is 0 Å². The van der Waals surface area contributed by atoms with Crippen LogP contribution in [0.1, 0.15) is 44.9 Å². The lowest BCUT2D eigenvalue weighted by molar-refractivity contribution is -0.153. The molecule has 162 valence electrons. The second-order valence-corrected chi connectivity index (χ2v) is 9.57. The summed E-state index contributed by atoms with van der Waals surface area (Å²) < 4.78 is 5.23. The Morgan fingerprint density at radius 2 is 1.73 bits per heavy atom. The summed E-state index contributed by atoms with van der Waals surface area (Å²) in [4.78, 5) is 65.6. The molecule has 2 saturated carbocycles. The molecule has 5 fully saturated rings. The number of carbonyl (C=O) groups is 5. The maximum Gasteiger partial charge on any atom is 0.331 e. The molecule has 7 amide bonds. The maximum atomic E-state index is 13.0. The van der Waals surface area contributed by atoms with Gasteiger partial charge in [-0.05, 0) is 43.9 Å². The molecule has 0 aromatic carbocycles. The van der Waals surface area contributed by atoms with E-state index in [0.717, 1.165) is 12.8 Å². The number of nitrogens with one attached hydrogen (secondary N) is 1. The van der Waals surface area contributed by atoms with Gasteiger partial charge in [0.2, 0.25) is 11.8 Å². The van der Waals surface area contributed by atoms with Gasteiger partial charge in [-0.1, -0.05) is 0 Å². The molecule has 3 aliphatic heterocycles. The summed E-state index contributed by atoms with van der Waals surface area (Å²) in [5.41, 5.74) is -0.796. The topological polar surface area (TPSA) is 116 Å². The van der Waals surface area contributed by atoms with Crippen LogP contribution in [0.4, 0.5) is 9.59 Å². The molecule has 30 heavy (non-hydrogen) atoms. The van der Waals surface area contributed by atoms with E-state index >= 15 is 0 Å². The summed E-state index contributed by atoms with van der Waals surface area (Å²) in [6, 6.07) is -1.08. The van der Waals surface area contributed by atoms with Gasteiger partial charge in [0.1, 0.15) is 12.0 Å². The molecule has 0 bridgehead atoms. The van der Waals surface area contributed by atoms with Crippen LogP contribution in [0.25, 0.3) is 0 Å². The average Bonchev–Trinajstić information content (AvgIpc) is 2.80. The van der Waals surface area contributed by atoms with E-state index in [4.69, 9.17) is 4.74 Å². The zero-order valence-electron chi connectivity index (χ0n) is 17.0. The molecular formula is C20H26N4O6. The van der Waals surface area contributed by atoms with E-state index in [-0.39, 0.29) is 35.7 Å². The van der Waals surface area contributed by atoms with Gasteiger partial charge in [-0.3, -0.25) is 29.5 Å². The van der Waals surface area contributed by atoms with Crippen LogP contribution in [0, 0.1) is 11.3 Å². The van der Waals surface area contributed by atoms with Gasteiger partial charge in [-0.25, -0.2) is 9.59 Å². The summed E-state index contributed by atoms with van der Waals surface area (Å²) in [6.07, 6.45) is 3.85. The summed E-state index contributed by atoms with van der Waals surface area (Å²) >= 11 is 0. The standard InChI is InChI=1S/C20H26N4O6/c1-22-16(27)20(23(18(22)29)7-12-8-30-9-12)10-19(11-20)4-2-13(3-5-19)24-15(26)6-14(25)21-17(24)28/h12-13H,2-11H2,1H3,(H,21,25,28). The molecular weight excluding hydrogens is 392 g/mol. The molecule has 5 aliphatic rings. The van der Waals surface area contributed by atoms with Crippen molar-refractivity contribution in [3.8, 4) is 0 Å². The van der Waals surface area contributed by atoms with Crippen molar-refractivity contribution in [2.24, 2.45) is 11.3 Å². The SMILES string of the molecule is CN1C(=O)N(CC2COC2)C2(CC3(CCC(N4C(=O)CC(=O)NC4=O)CC3)C2)C1=O. The van der Waals surface area contributed by atoms with Crippen molar-refractivity contribution in [3.05, 3.63) is 0 Å². The lowest BCUT2D eigenvalue weighted by atomic mass is 9.51. The molecule has 2 aliphatic carbocycles. The van der Waals surface area contributed by atoms with Gasteiger partial charge in [0.15, 0.2) is 0 Å². The van der Waals surface area contributed by atoms with Gasteiger partial charge < -0.3 is 9.64 Å². The molecule has 0 unspecified atom stereocenters. The van der Waals surface area contributed by atoms with E-state index in [1.165, 1.54) is 9.80 Å². The highest BCUT2D eigenvalue weighted by molar-refractivity contribution is 6.14. The molecule has 5 rings (SSSR count). The van der Waals surface area contributed by atoms with E-state index in [0.29, 0.717) is 45.4 Å². The predicted octanol–water partition coefficient (Wildman–Crippen LogP) is 0.457. The number of urea groups is 2. The fourth-order valence-corrected chi connectivity index (χ4v) is 6.07. The van der Waals surface area contributed by atoms with Gasteiger partial charge in [-0.15, -0.1) is 0 Å². The largest absolute Gasteiger partial charge is 0.381 e. The molecule has 10 heteroatoms. The Morgan fingerprint density at radius 1 is 1.07 bits per heavy atom. The number of imide groups is 3. The Hall–Kier alpha value is -2.49. The summed E-state index contributed by atoms with van der Waals surface area (Å²) in [6.45, 7) is 1.79. The number of hydrogen-bond donors (Lipinski definition) is 1. The number of ether oxygens (including phenoxy) is 1. The Balaban J connectivity index is 1.26. The molecule has 10 nitrogen and oxygen atoms in total. The van der Waals surface area contributed by atoms with Gasteiger partial charge in [-0.2, -0.15) is 0 Å². The summed E-state index contributed by atoms with van der Waals surface area (Å²) in [5.74, 6) is -0.838. The number of amides is 7. The fourth-order valence-electron chi connectivity index (χ4n) is 6.07. The Bertz CT molecular complexity index is 816. The molecule has 1 N–H and O–H groups in total. The molecule has 0 aromatic rings. The van der Waals surface area contributed by atoms with Crippen molar-refractivity contribution in [2.75, 3.05) is 26.8 Å². The van der Waals surface area contributed by atoms with E-state index in [9.17, 15) is 24.0 Å². The molecule has 0 radical (unpaired) electrons. The quantitative estimate of drug-likeness (QED) is 0.526. The zero-order chi connectivity index (χ0) is 21.3. The van der Waals surface area contributed by atoms with E-state index < -0.39 is 23.4 Å². The van der Waals surface area contributed by atoms with Crippen molar-refractivity contribution >= 4 is 29.8 Å². The van der Waals surface area contributed by atoms with Crippen molar-refractivity contribution < 1.29 is 28.7 Å². The van der Waals surface area contributed by atoms with E-state index in [1.54, 1.807) is 11.9 Å². The van der Waals surface area contributed by atoms with E-state index in [2.05, 4.69) is 5.32 Å². The molecule has 0 atom stereocenters. The van der Waals surface area contributed by atoms with Crippen molar-refractivity contribution in [1.82, 2.24) is 20.0 Å². The zero-order valence-corrected chi connectivity index (χ0v) is 17.0. The summed E-state index contributed by atoms with van der Waals surface area (Å²) in [7, 11) is 1.55. The van der Waals surface area contributed by atoms with Crippen molar-refractivity contribution in [1.29, 1.82) is 0 Å². The Morgan fingerprint density at radius 3 is 2.30 bits per heavy atom. The molecule has 3 saturated heterocycles. The third kappa shape index (κ3) is 2.69. The number of hydrogen-bond acceptors (Lipinski definition) is 6. The minimum Gasteiger partial charge on any atom is -0.381 e. The highest BCUT2D eigenvalue weighted by Gasteiger charge is 2.68. The predicted molar refractivity (Wildman–Crippen MR) is 101 cm³/mol. The number of barbiturate groups is 1. The second kappa shape index (κ2) is 6.50. The van der Waals surface area contributed by atoms with E-state index in [1.807, 2.05) is 0 Å². The first kappa shape index (κ1) is 19.5. The normalized spacial score (nSPS) is 37.2. The molecule has 3 heterocycles. The Labute approximate surface area is 173 Å². The minimum atomic E-state index is -0.751. The fraction of sp³-hybridized carbons (Fsp3) is 0.750. The monoisotopic (exact) mass is 418 g/mol. The van der Waals surface area contributed by atoms with Gasteiger partial charge in [0.25, 0.3) is 5.91 Å². The lowest BCUT2D eigenvalue weighted by Crippen LogP contribution is -2.66. The minimum absolute atomic E-state index is 0.0445. The van der Waals surface area contributed by atoms with Gasteiger partial charge in [0.05, 0.1) is 13.2 Å². The van der Waals surface area contributed by atoms with Crippen LogP contribution in [0.2, 0.25) is 0 Å². The van der Waals surface area contributed by atoms with Crippen LogP contribution in [-0.4, -0.2) is 82.9 Å². The van der Waals surface area contributed by atoms with Gasteiger partial charge in [0, 0.05) is 25.6 Å². The lowest BCUT2D eigenvalue weighted by Gasteiger charge is -2.59. The molecule has 2 spiro atoms. The van der Waals surface area contributed by atoms with Crippen LogP contribution in [0.3, 0.4) is 0 Å². The Kier molecular flexibility index (Phi) is 4.22. The van der Waals surface area contributed by atoms with Crippen molar-refractivity contribution in [2.45, 2.75) is 56.5 Å². The first-order chi connectivity index (χ1) is 14.2. The number of rotatable bonds is 3.